The van der Waals surface area contributed by atoms with Gasteiger partial charge in [0.05, 0.1) is 0 Å². The maximum absolute atomic E-state index is 13.8. The van der Waals surface area contributed by atoms with Crippen molar-refractivity contribution in [3.8, 4) is 0 Å². The Morgan fingerprint density at radius 3 is 2.83 bits per heavy atom. The lowest BCUT2D eigenvalue weighted by Crippen LogP contribution is -2.33. The molecule has 1 heterocycles. The number of halogens is 2. The molecule has 4 rings (SSSR count). The van der Waals surface area contributed by atoms with Gasteiger partial charge in [-0.1, -0.05) is 18.6 Å². The van der Waals surface area contributed by atoms with Crippen LogP contribution in [0.25, 0.3) is 0 Å². The number of hydrogen-bond acceptors (Lipinski definition) is 4. The lowest BCUT2D eigenvalue weighted by Gasteiger charge is -2.34. The van der Waals surface area contributed by atoms with Crippen molar-refractivity contribution in [3.05, 3.63) is 58.3 Å². The van der Waals surface area contributed by atoms with Crippen LogP contribution in [0.5, 0.6) is 0 Å². The second kappa shape index (κ2) is 9.41. The maximum atomic E-state index is 13.8. The summed E-state index contributed by atoms with van der Waals surface area (Å²) in [6, 6.07) is 3.67. The van der Waals surface area contributed by atoms with Crippen LogP contribution < -0.4 is 0 Å². The van der Waals surface area contributed by atoms with E-state index in [0.717, 1.165) is 36.0 Å². The lowest BCUT2D eigenvalue weighted by atomic mass is 9.88. The fraction of sp³-hybridized carbons (Fsp3) is 0.522. The molecule has 1 aromatic carbocycles. The van der Waals surface area contributed by atoms with Crippen molar-refractivity contribution in [1.82, 2.24) is 4.90 Å². The second-order valence-electron chi connectivity index (χ2n) is 8.47. The van der Waals surface area contributed by atoms with Gasteiger partial charge in [0.25, 0.3) is 0 Å². The molecule has 7 heteroatoms. The van der Waals surface area contributed by atoms with Crippen LogP contribution in [-0.2, 0) is 11.2 Å². The van der Waals surface area contributed by atoms with Crippen molar-refractivity contribution >= 4 is 17.9 Å². The molecule has 0 saturated heterocycles. The molecule has 3 atom stereocenters. The van der Waals surface area contributed by atoms with Crippen molar-refractivity contribution in [1.29, 1.82) is 0 Å². The molecule has 1 N–H and O–H groups in total. The summed E-state index contributed by atoms with van der Waals surface area (Å²) in [4.78, 5) is 13.4. The van der Waals surface area contributed by atoms with Crippen LogP contribution in [0, 0.1) is 29.4 Å². The van der Waals surface area contributed by atoms with E-state index in [4.69, 9.17) is 9.84 Å². The SMILES string of the molecule is O=C(O)OC1=C(SCCCc2ccc(F)cc2F)N(CC2CC3CCC2C3)CC=C1. The maximum Gasteiger partial charge on any atom is 0.511 e. The first-order chi connectivity index (χ1) is 14.5. The minimum Gasteiger partial charge on any atom is -0.449 e. The zero-order valence-electron chi connectivity index (χ0n) is 16.9. The summed E-state index contributed by atoms with van der Waals surface area (Å²) in [5, 5.41) is 9.97. The van der Waals surface area contributed by atoms with E-state index < -0.39 is 17.8 Å². The van der Waals surface area contributed by atoms with Gasteiger partial charge in [-0.05, 0) is 73.3 Å². The third-order valence-electron chi connectivity index (χ3n) is 6.47. The second-order valence-corrected chi connectivity index (χ2v) is 9.55. The summed E-state index contributed by atoms with van der Waals surface area (Å²) in [6.07, 6.45) is 8.83. The van der Waals surface area contributed by atoms with Crippen LogP contribution in [0.4, 0.5) is 13.6 Å². The number of allylic oxidation sites excluding steroid dienone is 1. The van der Waals surface area contributed by atoms with Gasteiger partial charge in [0.2, 0.25) is 0 Å². The van der Waals surface area contributed by atoms with Crippen LogP contribution in [0.3, 0.4) is 0 Å². The Kier molecular flexibility index (Phi) is 6.66. The Balaban J connectivity index is 1.39. The first kappa shape index (κ1) is 21.2. The molecule has 3 aliphatic rings. The lowest BCUT2D eigenvalue weighted by molar-refractivity contribution is 0.118. The molecule has 0 aromatic heterocycles. The van der Waals surface area contributed by atoms with Gasteiger partial charge in [0.15, 0.2) is 5.76 Å². The molecule has 0 radical (unpaired) electrons. The van der Waals surface area contributed by atoms with Crippen LogP contribution in [-0.4, -0.2) is 35.0 Å². The molecule has 2 aliphatic carbocycles. The summed E-state index contributed by atoms with van der Waals surface area (Å²) in [5.41, 5.74) is 0.496. The standard InChI is InChI=1S/C23H27F2NO3S/c24-19-8-7-16(20(25)13-19)3-2-10-30-22-21(29-23(27)28)4-1-9-26(22)14-18-12-15-5-6-17(18)11-15/h1,4,7-8,13,15,17-18H,2-3,5-6,9-12,14H2,(H,27,28). The zero-order valence-corrected chi connectivity index (χ0v) is 17.7. The Labute approximate surface area is 180 Å². The van der Waals surface area contributed by atoms with Gasteiger partial charge in [0, 0.05) is 19.2 Å². The van der Waals surface area contributed by atoms with Gasteiger partial charge in [-0.3, -0.25) is 0 Å². The van der Waals surface area contributed by atoms with Crippen molar-refractivity contribution in [2.75, 3.05) is 18.8 Å². The number of ether oxygens (including phenoxy) is 1. The Morgan fingerprint density at radius 2 is 2.13 bits per heavy atom. The van der Waals surface area contributed by atoms with Gasteiger partial charge in [-0.25, -0.2) is 13.6 Å². The normalized spacial score (nSPS) is 25.3. The molecule has 2 bridgehead atoms. The first-order valence-corrected chi connectivity index (χ1v) is 11.6. The Bertz CT molecular complexity index is 857. The van der Waals surface area contributed by atoms with E-state index in [0.29, 0.717) is 35.8 Å². The topological polar surface area (TPSA) is 49.8 Å². The molecule has 1 aliphatic heterocycles. The molecule has 0 amide bonds. The number of fused-ring (bicyclic) bond motifs is 2. The van der Waals surface area contributed by atoms with Crippen LogP contribution in [0.2, 0.25) is 0 Å². The van der Waals surface area contributed by atoms with Crippen LogP contribution in [0.15, 0.2) is 41.1 Å². The monoisotopic (exact) mass is 435 g/mol. The predicted octanol–water partition coefficient (Wildman–Crippen LogP) is 5.80. The number of carboxylic acid groups (broad SMARTS) is 1. The Hall–Kier alpha value is -2.02. The smallest absolute Gasteiger partial charge is 0.449 e. The fourth-order valence-electron chi connectivity index (χ4n) is 5.13. The highest BCUT2D eigenvalue weighted by Gasteiger charge is 2.40. The summed E-state index contributed by atoms with van der Waals surface area (Å²) < 4.78 is 32.0. The highest BCUT2D eigenvalue weighted by Crippen LogP contribution is 2.49. The summed E-state index contributed by atoms with van der Waals surface area (Å²) in [6.45, 7) is 1.67. The van der Waals surface area contributed by atoms with E-state index in [1.165, 1.54) is 37.8 Å². The van der Waals surface area contributed by atoms with E-state index in [9.17, 15) is 13.6 Å². The van der Waals surface area contributed by atoms with Gasteiger partial charge in [-0.2, -0.15) is 0 Å². The molecule has 0 spiro atoms. The van der Waals surface area contributed by atoms with Gasteiger partial charge in [-0.15, -0.1) is 11.8 Å². The molecular weight excluding hydrogens is 408 g/mol. The van der Waals surface area contributed by atoms with E-state index in [2.05, 4.69) is 4.90 Å². The molecule has 4 nitrogen and oxygen atoms in total. The van der Waals surface area contributed by atoms with Crippen LogP contribution in [0.1, 0.15) is 37.7 Å². The van der Waals surface area contributed by atoms with E-state index in [-0.39, 0.29) is 0 Å². The van der Waals surface area contributed by atoms with Crippen molar-refractivity contribution in [2.24, 2.45) is 17.8 Å². The number of rotatable bonds is 8. The van der Waals surface area contributed by atoms with E-state index in [1.54, 1.807) is 17.8 Å². The number of hydrogen-bond donors (Lipinski definition) is 1. The van der Waals surface area contributed by atoms with E-state index >= 15 is 0 Å². The van der Waals surface area contributed by atoms with Gasteiger partial charge < -0.3 is 14.7 Å². The highest BCUT2D eigenvalue weighted by atomic mass is 32.2. The molecule has 3 unspecified atom stereocenters. The average Bonchev–Trinajstić information content (AvgIpc) is 3.31. The zero-order chi connectivity index (χ0) is 21.1. The number of nitrogens with zero attached hydrogens (tertiary/aromatic N) is 1. The number of aryl methyl sites for hydroxylation is 1. The summed E-state index contributed by atoms with van der Waals surface area (Å²) in [5.74, 6) is 2.28. The van der Waals surface area contributed by atoms with Crippen LogP contribution >= 0.6 is 11.8 Å². The van der Waals surface area contributed by atoms with Crippen molar-refractivity contribution < 1.29 is 23.4 Å². The minimum atomic E-state index is -1.32. The molecule has 2 saturated carbocycles. The highest BCUT2D eigenvalue weighted by molar-refractivity contribution is 8.03. The largest absolute Gasteiger partial charge is 0.511 e. The van der Waals surface area contributed by atoms with Gasteiger partial charge >= 0.3 is 6.16 Å². The fourth-order valence-corrected chi connectivity index (χ4v) is 6.19. The third-order valence-corrected chi connectivity index (χ3v) is 7.70. The summed E-state index contributed by atoms with van der Waals surface area (Å²) in [7, 11) is 0. The molecule has 1 aromatic rings. The molecular formula is C23H27F2NO3S. The molecule has 2 fully saturated rings. The van der Waals surface area contributed by atoms with Crippen molar-refractivity contribution in [2.45, 2.75) is 38.5 Å². The third kappa shape index (κ3) is 4.99. The van der Waals surface area contributed by atoms with Crippen molar-refractivity contribution in [3.63, 3.8) is 0 Å². The first-order valence-electron chi connectivity index (χ1n) is 10.6. The number of benzene rings is 1. The Morgan fingerprint density at radius 1 is 1.27 bits per heavy atom. The summed E-state index contributed by atoms with van der Waals surface area (Å²) >= 11 is 1.56. The average molecular weight is 436 g/mol. The predicted molar refractivity (Wildman–Crippen MR) is 113 cm³/mol. The minimum absolute atomic E-state index is 0.370. The van der Waals surface area contributed by atoms with Gasteiger partial charge in [0.1, 0.15) is 16.7 Å². The molecule has 30 heavy (non-hydrogen) atoms. The number of thioether (sulfide) groups is 1. The number of carbonyl (C=O) groups is 1. The molecule has 162 valence electrons. The quantitative estimate of drug-likeness (QED) is 0.413. The van der Waals surface area contributed by atoms with E-state index in [1.807, 2.05) is 6.08 Å².